The van der Waals surface area contributed by atoms with Crippen molar-refractivity contribution >= 4 is 53.3 Å². The van der Waals surface area contributed by atoms with Crippen molar-refractivity contribution in [1.82, 2.24) is 21.3 Å². The van der Waals surface area contributed by atoms with Crippen LogP contribution in [0, 0.1) is 0 Å². The Balaban J connectivity index is 5.00. The molecule has 0 heterocycles. The van der Waals surface area contributed by atoms with Crippen molar-refractivity contribution < 1.29 is 48.9 Å². The maximum Gasteiger partial charge on any atom is 0.326 e. The fourth-order valence-corrected chi connectivity index (χ4v) is 3.32. The summed E-state index contributed by atoms with van der Waals surface area (Å²) in [5.41, 5.74) is 5.38. The van der Waals surface area contributed by atoms with Gasteiger partial charge in [-0.05, 0) is 13.3 Å². The Morgan fingerprint density at radius 2 is 1.47 bits per heavy atom. The van der Waals surface area contributed by atoms with Gasteiger partial charge in [-0.2, -0.15) is 11.8 Å². The minimum absolute atomic E-state index is 0.0898. The van der Waals surface area contributed by atoms with E-state index < -0.39 is 78.7 Å². The van der Waals surface area contributed by atoms with Gasteiger partial charge < -0.3 is 42.3 Å². The fourth-order valence-electron chi connectivity index (χ4n) is 2.32. The molecule has 15 nitrogen and oxygen atoms in total. The molecule has 0 aromatic carbocycles. The number of thioether (sulfide) groups is 1. The Bertz CT molecular complexity index is 793. The summed E-state index contributed by atoms with van der Waals surface area (Å²) in [6, 6.07) is -4.94. The van der Waals surface area contributed by atoms with Crippen LogP contribution >= 0.6 is 11.8 Å². The number of nitrogens with one attached hydrogen (secondary N) is 4. The number of carbonyl (C=O) groups is 7. The van der Waals surface area contributed by atoms with E-state index in [0.717, 1.165) is 11.8 Å². The lowest BCUT2D eigenvalue weighted by atomic mass is 10.1. The second kappa shape index (κ2) is 15.4. The molecule has 9 N–H and O–H groups in total. The van der Waals surface area contributed by atoms with E-state index in [9.17, 15) is 38.7 Å². The zero-order valence-corrected chi connectivity index (χ0v) is 19.3. The molecule has 0 aromatic rings. The molecule has 0 aliphatic rings. The van der Waals surface area contributed by atoms with E-state index in [-0.39, 0.29) is 17.9 Å². The Kier molecular flexibility index (Phi) is 13.9. The monoisotopic (exact) mass is 507 g/mol. The second-order valence-electron chi connectivity index (χ2n) is 7.07. The molecule has 0 aliphatic heterocycles. The number of carbonyl (C=O) groups excluding carboxylic acids is 4. The molecule has 0 aliphatic carbocycles. The molecule has 0 radical (unpaired) electrons. The number of amides is 4. The first kappa shape index (κ1) is 30.6. The molecule has 34 heavy (non-hydrogen) atoms. The van der Waals surface area contributed by atoms with Gasteiger partial charge in [0.2, 0.25) is 23.6 Å². The molecule has 0 fully saturated rings. The molecule has 4 amide bonds. The Morgan fingerprint density at radius 3 is 1.97 bits per heavy atom. The molecule has 0 aromatic heterocycles. The third-order valence-corrected chi connectivity index (χ3v) is 5.22. The number of nitrogens with two attached hydrogens (primary N) is 1. The molecule has 0 rings (SSSR count). The van der Waals surface area contributed by atoms with E-state index in [2.05, 4.69) is 21.3 Å². The van der Waals surface area contributed by atoms with Crippen LogP contribution in [0.3, 0.4) is 0 Å². The minimum Gasteiger partial charge on any atom is -0.480 e. The third kappa shape index (κ3) is 13.2. The van der Waals surface area contributed by atoms with Crippen molar-refractivity contribution in [2.75, 3.05) is 18.1 Å². The van der Waals surface area contributed by atoms with Crippen LogP contribution in [0.1, 0.15) is 26.7 Å². The zero-order chi connectivity index (χ0) is 26.4. The van der Waals surface area contributed by atoms with Gasteiger partial charge in [0.05, 0.1) is 0 Å². The van der Waals surface area contributed by atoms with Crippen molar-refractivity contribution in [2.24, 2.45) is 5.73 Å². The first-order valence-corrected chi connectivity index (χ1v) is 11.0. The van der Waals surface area contributed by atoms with Crippen LogP contribution in [-0.4, -0.2) is 99.1 Å². The highest BCUT2D eigenvalue weighted by Crippen LogP contribution is 2.07. The van der Waals surface area contributed by atoms with Gasteiger partial charge in [0, 0.05) is 24.9 Å². The largest absolute Gasteiger partial charge is 0.480 e. The highest BCUT2D eigenvalue weighted by atomic mass is 32.2. The molecular formula is C18H29N5O10S. The first-order valence-electron chi connectivity index (χ1n) is 9.89. The van der Waals surface area contributed by atoms with Crippen LogP contribution < -0.4 is 27.0 Å². The van der Waals surface area contributed by atoms with E-state index in [4.69, 9.17) is 15.9 Å². The Labute approximate surface area is 198 Å². The molecule has 16 heteroatoms. The molecule has 4 atom stereocenters. The highest BCUT2D eigenvalue weighted by Gasteiger charge is 2.26. The minimum atomic E-state index is -1.46. The van der Waals surface area contributed by atoms with Gasteiger partial charge in [-0.1, -0.05) is 0 Å². The number of carboxylic acid groups (broad SMARTS) is 3. The van der Waals surface area contributed by atoms with E-state index in [0.29, 0.717) is 0 Å². The van der Waals surface area contributed by atoms with Gasteiger partial charge in [0.1, 0.15) is 30.7 Å². The summed E-state index contributed by atoms with van der Waals surface area (Å²) in [7, 11) is 0. The van der Waals surface area contributed by atoms with Crippen molar-refractivity contribution in [3.8, 4) is 0 Å². The number of hydrogen-bond acceptors (Lipinski definition) is 9. The number of aliphatic carboxylic acids is 3. The van der Waals surface area contributed by atoms with Crippen LogP contribution in [-0.2, 0) is 33.6 Å². The van der Waals surface area contributed by atoms with E-state index >= 15 is 0 Å². The van der Waals surface area contributed by atoms with Crippen LogP contribution in [0.25, 0.3) is 0 Å². The fraction of sp³-hybridized carbons (Fsp3) is 0.611. The van der Waals surface area contributed by atoms with Crippen molar-refractivity contribution in [3.05, 3.63) is 0 Å². The molecular weight excluding hydrogens is 478 g/mol. The van der Waals surface area contributed by atoms with Gasteiger partial charge in [0.15, 0.2) is 0 Å². The summed E-state index contributed by atoms with van der Waals surface area (Å²) in [4.78, 5) is 80.4. The van der Waals surface area contributed by atoms with Crippen LogP contribution in [0.5, 0.6) is 0 Å². The lowest BCUT2D eigenvalue weighted by molar-refractivity contribution is -0.142. The molecule has 192 valence electrons. The van der Waals surface area contributed by atoms with Gasteiger partial charge >= 0.3 is 17.9 Å². The predicted molar refractivity (Wildman–Crippen MR) is 118 cm³/mol. The van der Waals surface area contributed by atoms with Crippen LogP contribution in [0.2, 0.25) is 0 Å². The highest BCUT2D eigenvalue weighted by molar-refractivity contribution is 7.99. The molecule has 0 saturated heterocycles. The van der Waals surface area contributed by atoms with E-state index in [1.807, 2.05) is 0 Å². The first-order chi connectivity index (χ1) is 15.7. The summed E-state index contributed by atoms with van der Waals surface area (Å²) in [5, 5.41) is 35.7. The lowest BCUT2D eigenvalue weighted by Gasteiger charge is -2.20. The van der Waals surface area contributed by atoms with Crippen molar-refractivity contribution in [1.29, 1.82) is 0 Å². The summed E-state index contributed by atoms with van der Waals surface area (Å²) < 4.78 is 0. The van der Waals surface area contributed by atoms with Crippen molar-refractivity contribution in [3.63, 3.8) is 0 Å². The number of rotatable bonds is 16. The van der Waals surface area contributed by atoms with Gasteiger partial charge in [-0.15, -0.1) is 0 Å². The lowest BCUT2D eigenvalue weighted by Crippen LogP contribution is -2.51. The SMILES string of the molecule is CC(=O)N[C@@H](C)C(=O)N[C@H](CCC(=O)N[C@H](CSC[C@H](N)C(=O)O)C(=O)NCC(=O)O)C(=O)O. The molecule has 0 unspecified atom stereocenters. The van der Waals surface area contributed by atoms with Crippen molar-refractivity contribution in [2.45, 2.75) is 50.9 Å². The van der Waals surface area contributed by atoms with Gasteiger partial charge in [-0.3, -0.25) is 28.8 Å². The summed E-state index contributed by atoms with van der Waals surface area (Å²) in [6.07, 6.45) is -0.770. The Morgan fingerprint density at radius 1 is 0.853 bits per heavy atom. The van der Waals surface area contributed by atoms with Crippen LogP contribution in [0.4, 0.5) is 0 Å². The van der Waals surface area contributed by atoms with Gasteiger partial charge in [0.25, 0.3) is 0 Å². The second-order valence-corrected chi connectivity index (χ2v) is 8.15. The maximum absolute atomic E-state index is 12.3. The molecule has 0 spiro atoms. The topological polar surface area (TPSA) is 254 Å². The zero-order valence-electron chi connectivity index (χ0n) is 18.5. The molecule has 0 saturated carbocycles. The average Bonchev–Trinajstić information content (AvgIpc) is 2.72. The molecule has 0 bridgehead atoms. The number of hydrogen-bond donors (Lipinski definition) is 8. The normalized spacial score (nSPS) is 14.0. The maximum atomic E-state index is 12.3. The predicted octanol–water partition coefficient (Wildman–Crippen LogP) is -3.31. The third-order valence-electron chi connectivity index (χ3n) is 4.05. The van der Waals surface area contributed by atoms with E-state index in [1.54, 1.807) is 0 Å². The summed E-state index contributed by atoms with van der Waals surface area (Å²) in [6.45, 7) is 1.81. The smallest absolute Gasteiger partial charge is 0.326 e. The number of carboxylic acids is 3. The summed E-state index contributed by atoms with van der Waals surface area (Å²) >= 11 is 0.934. The standard InChI is InChI=1S/C18H29N5O10S/c1-8(21-9(2)24)15(28)23-11(18(32)33)3-4-13(25)22-12(16(29)20-5-14(26)27)7-34-6-10(19)17(30)31/h8,10-12H,3-7,19H2,1-2H3,(H,20,29)(H,21,24)(H,22,25)(H,23,28)(H,26,27)(H,30,31)(H,32,33)/t8-,10-,11+,12+/m0/s1. The van der Waals surface area contributed by atoms with Gasteiger partial charge in [-0.25, -0.2) is 4.79 Å². The summed E-state index contributed by atoms with van der Waals surface area (Å²) in [5.74, 6) is -7.13. The van der Waals surface area contributed by atoms with Crippen LogP contribution in [0.15, 0.2) is 0 Å². The quantitative estimate of drug-likeness (QED) is 0.102. The average molecular weight is 508 g/mol. The Hall–Kier alpha value is -3.40. The van der Waals surface area contributed by atoms with E-state index in [1.165, 1.54) is 13.8 Å².